The number of esters is 1. The molecule has 0 aliphatic carbocycles. The van der Waals surface area contributed by atoms with Gasteiger partial charge < -0.3 is 4.74 Å². The number of carbonyl (C=O) groups is 2. The van der Waals surface area contributed by atoms with Crippen LogP contribution < -0.4 is 0 Å². The van der Waals surface area contributed by atoms with Crippen molar-refractivity contribution in [2.45, 2.75) is 26.7 Å². The number of ketones is 1. The van der Waals surface area contributed by atoms with Crippen LogP contribution in [0, 0.1) is 5.92 Å². The van der Waals surface area contributed by atoms with E-state index in [1.165, 1.54) is 6.92 Å². The first-order chi connectivity index (χ1) is 7.13. The molecule has 0 heterocycles. The lowest BCUT2D eigenvalue weighted by Gasteiger charge is -2.10. The van der Waals surface area contributed by atoms with E-state index in [2.05, 4.69) is 6.58 Å². The van der Waals surface area contributed by atoms with Crippen molar-refractivity contribution in [3.05, 3.63) is 24.8 Å². The van der Waals surface area contributed by atoms with E-state index in [1.807, 2.05) is 6.08 Å². The summed E-state index contributed by atoms with van der Waals surface area (Å²) >= 11 is 0. The van der Waals surface area contributed by atoms with Gasteiger partial charge in [-0.3, -0.25) is 9.59 Å². The molecule has 15 heavy (non-hydrogen) atoms. The van der Waals surface area contributed by atoms with Crippen molar-refractivity contribution in [1.82, 2.24) is 0 Å². The lowest BCUT2D eigenvalue weighted by atomic mass is 9.99. The van der Waals surface area contributed by atoms with E-state index in [-0.39, 0.29) is 5.78 Å². The van der Waals surface area contributed by atoms with Gasteiger partial charge >= 0.3 is 5.97 Å². The minimum Gasteiger partial charge on any atom is -0.465 e. The molecule has 1 atom stereocenters. The van der Waals surface area contributed by atoms with Crippen LogP contribution in [0.25, 0.3) is 0 Å². The predicted molar refractivity (Wildman–Crippen MR) is 59.4 cm³/mol. The minimum absolute atomic E-state index is 0.138. The van der Waals surface area contributed by atoms with Crippen LogP contribution in [0.3, 0.4) is 0 Å². The van der Waals surface area contributed by atoms with Crippen LogP contribution in [0.5, 0.6) is 0 Å². The summed E-state index contributed by atoms with van der Waals surface area (Å²) in [5.74, 6) is -1.18. The largest absolute Gasteiger partial charge is 0.465 e. The molecule has 3 heteroatoms. The quantitative estimate of drug-likeness (QED) is 0.368. The summed E-state index contributed by atoms with van der Waals surface area (Å²) in [4.78, 5) is 22.5. The molecule has 0 bridgehead atoms. The zero-order valence-electron chi connectivity index (χ0n) is 9.36. The zero-order valence-corrected chi connectivity index (χ0v) is 9.36. The summed E-state index contributed by atoms with van der Waals surface area (Å²) < 4.78 is 4.82. The summed E-state index contributed by atoms with van der Waals surface area (Å²) in [5, 5.41) is 0. The first kappa shape index (κ1) is 13.6. The number of allylic oxidation sites excluding steroid dienone is 3. The van der Waals surface area contributed by atoms with Crippen LogP contribution in [0.4, 0.5) is 0 Å². The van der Waals surface area contributed by atoms with E-state index in [0.29, 0.717) is 19.4 Å². The number of carbonyl (C=O) groups excluding carboxylic acids is 2. The molecule has 0 aromatic carbocycles. The second kappa shape index (κ2) is 7.97. The Morgan fingerprint density at radius 1 is 1.47 bits per heavy atom. The Bertz CT molecular complexity index is 254. The topological polar surface area (TPSA) is 43.4 Å². The molecule has 0 rings (SSSR count). The molecule has 84 valence electrons. The fourth-order valence-corrected chi connectivity index (χ4v) is 1.19. The Morgan fingerprint density at radius 2 is 2.13 bits per heavy atom. The van der Waals surface area contributed by atoms with Gasteiger partial charge in [-0.2, -0.15) is 0 Å². The molecule has 0 fully saturated rings. The molecule has 0 radical (unpaired) electrons. The Balaban J connectivity index is 4.16. The number of ether oxygens (including phenoxy) is 1. The third-order valence-electron chi connectivity index (χ3n) is 1.96. The van der Waals surface area contributed by atoms with E-state index in [0.717, 1.165) is 0 Å². The van der Waals surface area contributed by atoms with Crippen molar-refractivity contribution in [3.63, 3.8) is 0 Å². The van der Waals surface area contributed by atoms with Crippen LogP contribution in [0.1, 0.15) is 26.7 Å². The van der Waals surface area contributed by atoms with E-state index in [1.54, 1.807) is 19.1 Å². The molecule has 0 aliphatic rings. The number of hydrogen-bond acceptors (Lipinski definition) is 3. The normalized spacial score (nSPS) is 12.4. The maximum atomic E-state index is 11.4. The molecule has 3 nitrogen and oxygen atoms in total. The smallest absolute Gasteiger partial charge is 0.316 e. The highest BCUT2D eigenvalue weighted by Gasteiger charge is 2.23. The van der Waals surface area contributed by atoms with Crippen molar-refractivity contribution in [1.29, 1.82) is 0 Å². The highest BCUT2D eigenvalue weighted by atomic mass is 16.5. The average molecular weight is 210 g/mol. The standard InChI is InChI=1S/C12H18O3/c1-4-6-7-8-9-11(10(3)13)12(14)15-5-2/h4,6-7,11H,1,5,8-9H2,2-3H3. The SMILES string of the molecule is C=CC=CCCC(C(C)=O)C(=O)OCC. The Kier molecular flexibility index (Phi) is 7.24. The monoisotopic (exact) mass is 210 g/mol. The summed E-state index contributed by atoms with van der Waals surface area (Å²) in [6.07, 6.45) is 6.51. The van der Waals surface area contributed by atoms with Gasteiger partial charge in [0.1, 0.15) is 11.7 Å². The van der Waals surface area contributed by atoms with Gasteiger partial charge in [-0.15, -0.1) is 0 Å². The van der Waals surface area contributed by atoms with Gasteiger partial charge in [-0.05, 0) is 26.7 Å². The van der Waals surface area contributed by atoms with Gasteiger partial charge in [-0.25, -0.2) is 0 Å². The molecule has 0 saturated heterocycles. The first-order valence-corrected chi connectivity index (χ1v) is 5.08. The Hall–Kier alpha value is -1.38. The van der Waals surface area contributed by atoms with Gasteiger partial charge in [-0.1, -0.05) is 24.8 Å². The summed E-state index contributed by atoms with van der Waals surface area (Å²) in [6.45, 7) is 6.99. The van der Waals surface area contributed by atoms with Crippen LogP contribution in [-0.2, 0) is 14.3 Å². The zero-order chi connectivity index (χ0) is 11.7. The van der Waals surface area contributed by atoms with E-state index < -0.39 is 11.9 Å². The molecular formula is C12H18O3. The first-order valence-electron chi connectivity index (χ1n) is 5.08. The van der Waals surface area contributed by atoms with Crippen LogP contribution >= 0.6 is 0 Å². The van der Waals surface area contributed by atoms with E-state index in [9.17, 15) is 9.59 Å². The molecule has 0 aromatic rings. The Labute approximate surface area is 90.8 Å². The lowest BCUT2D eigenvalue weighted by Crippen LogP contribution is -2.24. The number of hydrogen-bond donors (Lipinski definition) is 0. The van der Waals surface area contributed by atoms with Gasteiger partial charge in [0.15, 0.2) is 0 Å². The highest BCUT2D eigenvalue weighted by molar-refractivity contribution is 5.97. The van der Waals surface area contributed by atoms with Crippen LogP contribution in [0.2, 0.25) is 0 Å². The molecule has 0 amide bonds. The highest BCUT2D eigenvalue weighted by Crippen LogP contribution is 2.11. The summed E-state index contributed by atoms with van der Waals surface area (Å²) in [5.41, 5.74) is 0. The van der Waals surface area contributed by atoms with Gasteiger partial charge in [0.2, 0.25) is 0 Å². The molecule has 0 aliphatic heterocycles. The molecule has 1 unspecified atom stereocenters. The number of Topliss-reactive ketones (excluding diaryl/α,β-unsaturated/α-hetero) is 1. The molecule has 0 saturated carbocycles. The molecule has 0 aromatic heterocycles. The van der Waals surface area contributed by atoms with Crippen molar-refractivity contribution in [2.24, 2.45) is 5.92 Å². The average Bonchev–Trinajstić information content (AvgIpc) is 2.17. The van der Waals surface area contributed by atoms with Crippen LogP contribution in [-0.4, -0.2) is 18.4 Å². The number of rotatable bonds is 7. The summed E-state index contributed by atoms with van der Waals surface area (Å²) in [7, 11) is 0. The second-order valence-electron chi connectivity index (χ2n) is 3.16. The van der Waals surface area contributed by atoms with Crippen LogP contribution in [0.15, 0.2) is 24.8 Å². The lowest BCUT2D eigenvalue weighted by molar-refractivity contribution is -0.151. The van der Waals surface area contributed by atoms with Crippen molar-refractivity contribution in [2.75, 3.05) is 6.61 Å². The van der Waals surface area contributed by atoms with Crippen molar-refractivity contribution < 1.29 is 14.3 Å². The summed E-state index contributed by atoms with van der Waals surface area (Å²) in [6, 6.07) is 0. The third-order valence-corrected chi connectivity index (χ3v) is 1.96. The minimum atomic E-state index is -0.626. The molecule has 0 N–H and O–H groups in total. The van der Waals surface area contributed by atoms with Gasteiger partial charge in [0.25, 0.3) is 0 Å². The maximum Gasteiger partial charge on any atom is 0.316 e. The fraction of sp³-hybridized carbons (Fsp3) is 0.500. The van der Waals surface area contributed by atoms with Gasteiger partial charge in [0, 0.05) is 0 Å². The van der Waals surface area contributed by atoms with E-state index in [4.69, 9.17) is 4.74 Å². The maximum absolute atomic E-state index is 11.4. The molecule has 0 spiro atoms. The Morgan fingerprint density at radius 3 is 2.60 bits per heavy atom. The van der Waals surface area contributed by atoms with E-state index >= 15 is 0 Å². The van der Waals surface area contributed by atoms with Crippen molar-refractivity contribution in [3.8, 4) is 0 Å². The molecular weight excluding hydrogens is 192 g/mol. The second-order valence-corrected chi connectivity index (χ2v) is 3.16. The fourth-order valence-electron chi connectivity index (χ4n) is 1.19. The van der Waals surface area contributed by atoms with Crippen molar-refractivity contribution >= 4 is 11.8 Å². The van der Waals surface area contributed by atoms with Gasteiger partial charge in [0.05, 0.1) is 6.61 Å². The predicted octanol–water partition coefficient (Wildman–Crippen LogP) is 2.28. The third kappa shape index (κ3) is 5.83.